The van der Waals surface area contributed by atoms with Crippen molar-refractivity contribution in [2.24, 2.45) is 0 Å². The number of hydrogen-bond donors (Lipinski definition) is 0. The van der Waals surface area contributed by atoms with E-state index in [-0.39, 0.29) is 0 Å². The summed E-state index contributed by atoms with van der Waals surface area (Å²) in [4.78, 5) is 6.55. The summed E-state index contributed by atoms with van der Waals surface area (Å²) in [7, 11) is 0. The maximum Gasteiger partial charge on any atom is 0.137 e. The third-order valence-electron chi connectivity index (χ3n) is 10.4. The second kappa shape index (κ2) is 13.4. The molecule has 0 radical (unpaired) electrons. The lowest BCUT2D eigenvalue weighted by atomic mass is 10.00. The summed E-state index contributed by atoms with van der Waals surface area (Å²) in [6, 6.07) is 69.5. The molecule has 2 heterocycles. The van der Waals surface area contributed by atoms with Crippen molar-refractivity contribution in [1.82, 2.24) is 4.98 Å². The van der Waals surface area contributed by atoms with Gasteiger partial charge in [-0.25, -0.2) is 0 Å². The molecule has 3 nitrogen and oxygen atoms in total. The highest BCUT2D eigenvalue weighted by Crippen LogP contribution is 2.38. The zero-order chi connectivity index (χ0) is 35.8. The molecule has 0 bridgehead atoms. The van der Waals surface area contributed by atoms with Crippen LogP contribution in [0.3, 0.4) is 0 Å². The molecule has 0 aliphatic heterocycles. The maximum absolute atomic E-state index is 6.08. The average Bonchev–Trinajstić information content (AvgIpc) is 3.69. The number of pyridine rings is 1. The normalized spacial score (nSPS) is 11.3. The Morgan fingerprint density at radius 3 is 1.22 bits per heavy atom. The molecular weight excluding hydrogens is 657 g/mol. The standard InChI is InChI=1S/C51H34N2O/c1-3-7-42-31-44(15-11-35(42)5-1)39-19-25-48(26-20-39)53(49-27-21-40(22-28-49)45-16-12-36-6-2-4-8-43(36)32-45)47-23-17-38(18-24-47)37-9-13-41(14-10-37)51-33-46-34-52-30-29-50(46)54-51/h1-34H. The van der Waals surface area contributed by atoms with Gasteiger partial charge in [0.25, 0.3) is 0 Å². The number of benzene rings is 8. The lowest BCUT2D eigenvalue weighted by molar-refractivity contribution is 0.631. The predicted octanol–water partition coefficient (Wildman–Crippen LogP) is 14.3. The molecule has 0 aliphatic rings. The Morgan fingerprint density at radius 2 is 0.741 bits per heavy atom. The van der Waals surface area contributed by atoms with E-state index < -0.39 is 0 Å². The first-order chi connectivity index (χ1) is 26.7. The zero-order valence-electron chi connectivity index (χ0n) is 29.4. The van der Waals surface area contributed by atoms with Crippen LogP contribution >= 0.6 is 0 Å². The van der Waals surface area contributed by atoms with Crippen LogP contribution in [0.25, 0.3) is 77.2 Å². The highest BCUT2D eigenvalue weighted by Gasteiger charge is 2.15. The van der Waals surface area contributed by atoms with E-state index in [1.54, 1.807) is 6.20 Å². The van der Waals surface area contributed by atoms with Crippen molar-refractivity contribution in [2.75, 3.05) is 4.90 Å². The average molecular weight is 691 g/mol. The van der Waals surface area contributed by atoms with Crippen molar-refractivity contribution in [1.29, 1.82) is 0 Å². The van der Waals surface area contributed by atoms with Gasteiger partial charge in [0.15, 0.2) is 0 Å². The quantitative estimate of drug-likeness (QED) is 0.167. The first-order valence-electron chi connectivity index (χ1n) is 18.2. The van der Waals surface area contributed by atoms with Crippen LogP contribution in [-0.4, -0.2) is 4.98 Å². The molecule has 2 aromatic heterocycles. The molecule has 0 atom stereocenters. The van der Waals surface area contributed by atoms with Crippen molar-refractivity contribution in [3.05, 3.63) is 207 Å². The van der Waals surface area contributed by atoms with Crippen LogP contribution in [0.2, 0.25) is 0 Å². The molecular formula is C51H34N2O. The van der Waals surface area contributed by atoms with Gasteiger partial charge in [-0.1, -0.05) is 133 Å². The Hall–Kier alpha value is -7.23. The number of furan rings is 1. The molecule has 0 unspecified atom stereocenters. The lowest BCUT2D eigenvalue weighted by Crippen LogP contribution is -2.09. The van der Waals surface area contributed by atoms with Gasteiger partial charge in [0.1, 0.15) is 11.3 Å². The second-order valence-corrected chi connectivity index (χ2v) is 13.7. The molecule has 254 valence electrons. The minimum atomic E-state index is 0.841. The summed E-state index contributed by atoms with van der Waals surface area (Å²) in [5.74, 6) is 0.841. The van der Waals surface area contributed by atoms with E-state index in [0.717, 1.165) is 50.5 Å². The molecule has 0 aliphatic carbocycles. The van der Waals surface area contributed by atoms with E-state index >= 15 is 0 Å². The monoisotopic (exact) mass is 690 g/mol. The largest absolute Gasteiger partial charge is 0.456 e. The van der Waals surface area contributed by atoms with Crippen LogP contribution in [0.15, 0.2) is 211 Å². The van der Waals surface area contributed by atoms with Gasteiger partial charge in [-0.15, -0.1) is 0 Å². The number of fused-ring (bicyclic) bond motifs is 3. The predicted molar refractivity (Wildman–Crippen MR) is 225 cm³/mol. The molecule has 3 heteroatoms. The first kappa shape index (κ1) is 31.5. The molecule has 0 N–H and O–H groups in total. The highest BCUT2D eigenvalue weighted by atomic mass is 16.3. The molecule has 10 aromatic rings. The van der Waals surface area contributed by atoms with Crippen molar-refractivity contribution >= 4 is 49.6 Å². The fraction of sp³-hybridized carbons (Fsp3) is 0. The van der Waals surface area contributed by atoms with E-state index in [1.807, 2.05) is 18.3 Å². The Labute approximate surface area is 314 Å². The maximum atomic E-state index is 6.08. The summed E-state index contributed by atoms with van der Waals surface area (Å²) >= 11 is 0. The van der Waals surface area contributed by atoms with Crippen molar-refractivity contribution in [2.45, 2.75) is 0 Å². The number of aromatic nitrogens is 1. The van der Waals surface area contributed by atoms with Gasteiger partial charge < -0.3 is 9.32 Å². The Balaban J connectivity index is 0.980. The van der Waals surface area contributed by atoms with Gasteiger partial charge in [-0.05, 0) is 116 Å². The molecule has 0 spiro atoms. The first-order valence-corrected chi connectivity index (χ1v) is 18.2. The molecule has 0 saturated heterocycles. The van der Waals surface area contributed by atoms with Gasteiger partial charge in [0.2, 0.25) is 0 Å². The molecule has 0 fully saturated rings. The molecule has 54 heavy (non-hydrogen) atoms. The van der Waals surface area contributed by atoms with Gasteiger partial charge in [-0.2, -0.15) is 0 Å². The topological polar surface area (TPSA) is 29.3 Å². The van der Waals surface area contributed by atoms with E-state index in [4.69, 9.17) is 4.42 Å². The van der Waals surface area contributed by atoms with E-state index in [1.165, 1.54) is 43.8 Å². The number of anilines is 3. The minimum absolute atomic E-state index is 0.841. The van der Waals surface area contributed by atoms with Gasteiger partial charge in [0.05, 0.1) is 0 Å². The Bertz CT molecular complexity index is 2750. The highest BCUT2D eigenvalue weighted by molar-refractivity contribution is 5.90. The second-order valence-electron chi connectivity index (χ2n) is 13.7. The van der Waals surface area contributed by atoms with Crippen molar-refractivity contribution < 1.29 is 4.42 Å². The zero-order valence-corrected chi connectivity index (χ0v) is 29.4. The summed E-state index contributed by atoms with van der Waals surface area (Å²) in [5, 5.41) is 5.99. The van der Waals surface area contributed by atoms with E-state index in [0.29, 0.717) is 0 Å². The number of hydrogen-bond acceptors (Lipinski definition) is 3. The fourth-order valence-corrected chi connectivity index (χ4v) is 7.45. The minimum Gasteiger partial charge on any atom is -0.456 e. The van der Waals surface area contributed by atoms with Crippen LogP contribution in [0.1, 0.15) is 0 Å². The molecule has 8 aromatic carbocycles. The molecule has 0 amide bonds. The number of nitrogens with zero attached hydrogens (tertiary/aromatic N) is 2. The Morgan fingerprint density at radius 1 is 0.333 bits per heavy atom. The Kier molecular flexibility index (Phi) is 7.81. The third-order valence-corrected chi connectivity index (χ3v) is 10.4. The molecule has 10 rings (SSSR count). The lowest BCUT2D eigenvalue weighted by Gasteiger charge is -2.26. The SMILES string of the molecule is c1ccc2cc(-c3ccc(N(c4ccc(-c5ccc(-c6cc7cnccc7o6)cc5)cc4)c4ccc(-c5ccc6ccccc6c5)cc4)cc3)ccc2c1. The van der Waals surface area contributed by atoms with E-state index in [2.05, 4.69) is 192 Å². The van der Waals surface area contributed by atoms with Crippen molar-refractivity contribution in [3.63, 3.8) is 0 Å². The smallest absolute Gasteiger partial charge is 0.137 e. The van der Waals surface area contributed by atoms with Crippen LogP contribution in [0.4, 0.5) is 17.1 Å². The van der Waals surface area contributed by atoms with Gasteiger partial charge in [0, 0.05) is 40.4 Å². The summed E-state index contributed by atoms with van der Waals surface area (Å²) < 4.78 is 6.08. The van der Waals surface area contributed by atoms with Crippen LogP contribution in [-0.2, 0) is 0 Å². The van der Waals surface area contributed by atoms with Crippen molar-refractivity contribution in [3.8, 4) is 44.7 Å². The fourth-order valence-electron chi connectivity index (χ4n) is 7.45. The number of rotatable bonds is 7. The summed E-state index contributed by atoms with van der Waals surface area (Å²) in [5.41, 5.74) is 12.2. The van der Waals surface area contributed by atoms with Crippen LogP contribution < -0.4 is 4.90 Å². The van der Waals surface area contributed by atoms with Crippen LogP contribution in [0, 0.1) is 0 Å². The summed E-state index contributed by atoms with van der Waals surface area (Å²) in [6.07, 6.45) is 3.59. The van der Waals surface area contributed by atoms with Gasteiger partial charge >= 0.3 is 0 Å². The van der Waals surface area contributed by atoms with Gasteiger partial charge in [-0.3, -0.25) is 4.98 Å². The summed E-state index contributed by atoms with van der Waals surface area (Å²) in [6.45, 7) is 0. The third kappa shape index (κ3) is 5.98. The molecule has 0 saturated carbocycles. The van der Waals surface area contributed by atoms with E-state index in [9.17, 15) is 0 Å². The van der Waals surface area contributed by atoms with Crippen LogP contribution in [0.5, 0.6) is 0 Å².